The third-order valence-corrected chi connectivity index (χ3v) is 6.11. The van der Waals surface area contributed by atoms with Crippen LogP contribution in [0.4, 0.5) is 0 Å². The predicted molar refractivity (Wildman–Crippen MR) is 117 cm³/mol. The Morgan fingerprint density at radius 2 is 1.64 bits per heavy atom. The Morgan fingerprint density at radius 3 is 2.43 bits per heavy atom. The van der Waals surface area contributed by atoms with Gasteiger partial charge >= 0.3 is 0 Å². The van der Waals surface area contributed by atoms with Crippen molar-refractivity contribution in [3.63, 3.8) is 0 Å². The van der Waals surface area contributed by atoms with Gasteiger partial charge in [0.25, 0.3) is 5.56 Å². The molecule has 0 N–H and O–H groups in total. The van der Waals surface area contributed by atoms with Crippen LogP contribution in [0.25, 0.3) is 10.9 Å². The van der Waals surface area contributed by atoms with E-state index < -0.39 is 0 Å². The number of aromatic nitrogens is 2. The number of benzene rings is 3. The number of hydrogen-bond donors (Lipinski definition) is 0. The molecular formula is C23H19ClN2OS. The molecule has 0 saturated heterocycles. The maximum atomic E-state index is 13.2. The fraction of sp³-hybridized carbons (Fsp3) is 0.130. The molecule has 0 saturated carbocycles. The second-order valence-electron chi connectivity index (χ2n) is 6.57. The van der Waals surface area contributed by atoms with Crippen molar-refractivity contribution in [3.05, 3.63) is 105 Å². The minimum atomic E-state index is -0.0247. The largest absolute Gasteiger partial charge is 0.283 e. The van der Waals surface area contributed by atoms with E-state index in [1.54, 1.807) is 16.3 Å². The highest BCUT2D eigenvalue weighted by Crippen LogP contribution is 2.37. The van der Waals surface area contributed by atoms with E-state index in [9.17, 15) is 4.79 Å². The summed E-state index contributed by atoms with van der Waals surface area (Å²) in [6.45, 7) is 2.56. The van der Waals surface area contributed by atoms with Gasteiger partial charge in [-0.2, -0.15) is 0 Å². The first-order valence-corrected chi connectivity index (χ1v) is 10.3. The number of hydrogen-bond acceptors (Lipinski definition) is 3. The van der Waals surface area contributed by atoms with Gasteiger partial charge in [0.05, 0.1) is 17.4 Å². The van der Waals surface area contributed by atoms with E-state index in [4.69, 9.17) is 16.6 Å². The molecular weight excluding hydrogens is 388 g/mol. The van der Waals surface area contributed by atoms with Crippen molar-refractivity contribution in [3.8, 4) is 0 Å². The van der Waals surface area contributed by atoms with Crippen LogP contribution in [-0.4, -0.2) is 9.55 Å². The molecule has 3 aromatic carbocycles. The van der Waals surface area contributed by atoms with Crippen LogP contribution in [0.3, 0.4) is 0 Å². The van der Waals surface area contributed by atoms with Crippen molar-refractivity contribution >= 4 is 34.3 Å². The van der Waals surface area contributed by atoms with E-state index in [1.165, 1.54) is 0 Å². The zero-order chi connectivity index (χ0) is 19.5. The van der Waals surface area contributed by atoms with Crippen LogP contribution >= 0.6 is 23.4 Å². The molecule has 28 heavy (non-hydrogen) atoms. The third-order valence-electron chi connectivity index (χ3n) is 4.64. The minimum absolute atomic E-state index is 0.0247. The zero-order valence-corrected chi connectivity index (χ0v) is 17.0. The molecule has 1 heterocycles. The van der Waals surface area contributed by atoms with E-state index in [0.717, 1.165) is 16.1 Å². The van der Waals surface area contributed by atoms with Gasteiger partial charge in [0.15, 0.2) is 5.16 Å². The summed E-state index contributed by atoms with van der Waals surface area (Å²) in [5, 5.41) is 2.11. The van der Waals surface area contributed by atoms with E-state index >= 15 is 0 Å². The summed E-state index contributed by atoms with van der Waals surface area (Å²) >= 11 is 7.93. The van der Waals surface area contributed by atoms with Gasteiger partial charge in [-0.05, 0) is 36.2 Å². The van der Waals surface area contributed by atoms with Crippen LogP contribution in [0, 0.1) is 0 Å². The minimum Gasteiger partial charge on any atom is -0.283 e. The lowest BCUT2D eigenvalue weighted by atomic mass is 10.2. The number of nitrogens with zero attached hydrogens (tertiary/aromatic N) is 2. The molecule has 1 atom stereocenters. The Kier molecular flexibility index (Phi) is 5.51. The van der Waals surface area contributed by atoms with Crippen LogP contribution in [-0.2, 0) is 6.54 Å². The normalized spacial score (nSPS) is 12.2. The molecule has 4 rings (SSSR count). The van der Waals surface area contributed by atoms with Gasteiger partial charge in [-0.1, -0.05) is 84.0 Å². The fourth-order valence-corrected chi connectivity index (χ4v) is 4.61. The molecule has 4 aromatic rings. The Morgan fingerprint density at radius 1 is 0.964 bits per heavy atom. The molecule has 0 aliphatic heterocycles. The number of fused-ring (bicyclic) bond motifs is 1. The van der Waals surface area contributed by atoms with Crippen LogP contribution in [0.15, 0.2) is 88.8 Å². The number of rotatable bonds is 5. The summed E-state index contributed by atoms with van der Waals surface area (Å²) in [7, 11) is 0. The lowest BCUT2D eigenvalue weighted by Gasteiger charge is -2.17. The predicted octanol–water partition coefficient (Wildman–Crippen LogP) is 5.95. The second-order valence-corrected chi connectivity index (χ2v) is 8.29. The topological polar surface area (TPSA) is 34.9 Å². The van der Waals surface area contributed by atoms with E-state index in [-0.39, 0.29) is 10.8 Å². The number of halogens is 1. The van der Waals surface area contributed by atoms with Gasteiger partial charge in [-0.3, -0.25) is 9.36 Å². The first kappa shape index (κ1) is 18.8. The van der Waals surface area contributed by atoms with Crippen molar-refractivity contribution in [2.45, 2.75) is 23.9 Å². The molecule has 3 nitrogen and oxygen atoms in total. The Balaban J connectivity index is 1.80. The van der Waals surface area contributed by atoms with Crippen LogP contribution < -0.4 is 5.56 Å². The van der Waals surface area contributed by atoms with Crippen LogP contribution in [0.1, 0.15) is 23.3 Å². The van der Waals surface area contributed by atoms with Gasteiger partial charge in [0.1, 0.15) is 0 Å². The summed E-state index contributed by atoms with van der Waals surface area (Å²) in [5.74, 6) is 0. The molecule has 5 heteroatoms. The molecule has 1 aromatic heterocycles. The summed E-state index contributed by atoms with van der Waals surface area (Å²) < 4.78 is 1.76. The molecule has 0 radical (unpaired) electrons. The first-order valence-electron chi connectivity index (χ1n) is 9.08. The summed E-state index contributed by atoms with van der Waals surface area (Å²) in [6, 6.07) is 25.3. The standard InChI is InChI=1S/C23H19ClN2OS/c1-16(18-11-5-7-13-20(18)24)28-23-25-21-14-8-6-12-19(21)22(27)26(23)15-17-9-3-2-4-10-17/h2-14,16H,15H2,1H3/t16-/m1/s1. The maximum Gasteiger partial charge on any atom is 0.262 e. The Bertz CT molecular complexity index is 1170. The van der Waals surface area contributed by atoms with Crippen molar-refractivity contribution < 1.29 is 0 Å². The molecule has 0 aliphatic carbocycles. The zero-order valence-electron chi connectivity index (χ0n) is 15.4. The smallest absolute Gasteiger partial charge is 0.262 e. The van der Waals surface area contributed by atoms with E-state index in [1.807, 2.05) is 78.9 Å². The highest BCUT2D eigenvalue weighted by molar-refractivity contribution is 7.99. The molecule has 0 bridgehead atoms. The molecule has 0 unspecified atom stereocenters. The lowest BCUT2D eigenvalue weighted by Crippen LogP contribution is -2.24. The van der Waals surface area contributed by atoms with E-state index in [2.05, 4.69) is 6.92 Å². The Labute approximate surface area is 173 Å². The third kappa shape index (κ3) is 3.84. The molecule has 0 fully saturated rings. The van der Waals surface area contributed by atoms with Gasteiger partial charge in [-0.15, -0.1) is 0 Å². The highest BCUT2D eigenvalue weighted by Gasteiger charge is 2.17. The summed E-state index contributed by atoms with van der Waals surface area (Å²) in [4.78, 5) is 18.0. The van der Waals surface area contributed by atoms with Crippen molar-refractivity contribution in [2.24, 2.45) is 0 Å². The quantitative estimate of drug-likeness (QED) is 0.303. The molecule has 0 aliphatic rings. The van der Waals surface area contributed by atoms with Crippen LogP contribution in [0.5, 0.6) is 0 Å². The molecule has 140 valence electrons. The average Bonchev–Trinajstić information content (AvgIpc) is 2.72. The SMILES string of the molecule is C[C@@H](Sc1nc2ccccc2c(=O)n1Cc1ccccc1)c1ccccc1Cl. The van der Waals surface area contributed by atoms with E-state index in [0.29, 0.717) is 22.6 Å². The van der Waals surface area contributed by atoms with Crippen molar-refractivity contribution in [2.75, 3.05) is 0 Å². The molecule has 0 spiro atoms. The van der Waals surface area contributed by atoms with Gasteiger partial charge in [-0.25, -0.2) is 4.98 Å². The maximum absolute atomic E-state index is 13.2. The number of thioether (sulfide) groups is 1. The highest BCUT2D eigenvalue weighted by atomic mass is 35.5. The molecule has 0 amide bonds. The summed E-state index contributed by atoms with van der Waals surface area (Å²) in [5.41, 5.74) is 2.78. The fourth-order valence-electron chi connectivity index (χ4n) is 3.17. The lowest BCUT2D eigenvalue weighted by molar-refractivity contribution is 0.656. The van der Waals surface area contributed by atoms with Crippen molar-refractivity contribution in [1.29, 1.82) is 0 Å². The van der Waals surface area contributed by atoms with Gasteiger partial charge in [0, 0.05) is 10.3 Å². The van der Waals surface area contributed by atoms with Gasteiger partial charge < -0.3 is 0 Å². The summed E-state index contributed by atoms with van der Waals surface area (Å²) in [6.07, 6.45) is 0. The first-order chi connectivity index (χ1) is 13.6. The average molecular weight is 407 g/mol. The monoisotopic (exact) mass is 406 g/mol. The Hall–Kier alpha value is -2.56. The number of para-hydroxylation sites is 1. The second kappa shape index (κ2) is 8.21. The van der Waals surface area contributed by atoms with Crippen LogP contribution in [0.2, 0.25) is 5.02 Å². The van der Waals surface area contributed by atoms with Gasteiger partial charge in [0.2, 0.25) is 0 Å². The van der Waals surface area contributed by atoms with Crippen molar-refractivity contribution in [1.82, 2.24) is 9.55 Å².